The quantitative estimate of drug-likeness (QED) is 0.764. The van der Waals surface area contributed by atoms with E-state index in [-0.39, 0.29) is 0 Å². The van der Waals surface area contributed by atoms with Crippen LogP contribution in [0.2, 0.25) is 0 Å². The van der Waals surface area contributed by atoms with Gasteiger partial charge in [-0.3, -0.25) is 0 Å². The first kappa shape index (κ1) is 10.7. The van der Waals surface area contributed by atoms with E-state index in [0.29, 0.717) is 6.54 Å². The molecular weight excluding hydrogens is 196 g/mol. The second-order valence-corrected chi connectivity index (χ2v) is 3.82. The van der Waals surface area contributed by atoms with Crippen LogP contribution in [0.3, 0.4) is 0 Å². The Labute approximate surface area is 95.9 Å². The number of rotatable bonds is 3. The van der Waals surface area contributed by atoms with Crippen molar-refractivity contribution in [3.05, 3.63) is 65.2 Å². The lowest BCUT2D eigenvalue weighted by Crippen LogP contribution is -1.98. The Kier molecular flexibility index (Phi) is 3.22. The van der Waals surface area contributed by atoms with Gasteiger partial charge in [0, 0.05) is 12.2 Å². The predicted octanol–water partition coefficient (Wildman–Crippen LogP) is 2.12. The van der Waals surface area contributed by atoms with Gasteiger partial charge in [-0.25, -0.2) is 0 Å². The molecule has 0 heterocycles. The zero-order valence-electron chi connectivity index (χ0n) is 9.11. The molecule has 0 aromatic heterocycles. The summed E-state index contributed by atoms with van der Waals surface area (Å²) in [6, 6.07) is 17.0. The topological polar surface area (TPSA) is 52.0 Å². The van der Waals surface area contributed by atoms with Gasteiger partial charge in [0.25, 0.3) is 0 Å². The minimum Gasteiger partial charge on any atom is -0.398 e. The van der Waals surface area contributed by atoms with Crippen molar-refractivity contribution < 1.29 is 0 Å². The maximum Gasteiger partial charge on any atom is 0.0356 e. The van der Waals surface area contributed by atoms with Crippen LogP contribution in [0.15, 0.2) is 42.5 Å². The summed E-state index contributed by atoms with van der Waals surface area (Å²) < 4.78 is 0. The molecule has 0 aliphatic heterocycles. The van der Waals surface area contributed by atoms with Crippen LogP contribution in [0.5, 0.6) is 0 Å². The Morgan fingerprint density at radius 3 is 2.31 bits per heavy atom. The highest BCUT2D eigenvalue weighted by Crippen LogP contribution is 2.16. The van der Waals surface area contributed by atoms with E-state index in [9.17, 15) is 0 Å². The summed E-state index contributed by atoms with van der Waals surface area (Å²) in [4.78, 5) is 0. The summed E-state index contributed by atoms with van der Waals surface area (Å²) in [6.07, 6.45) is 0.853. The minimum absolute atomic E-state index is 0.586. The van der Waals surface area contributed by atoms with Crippen molar-refractivity contribution in [1.29, 1.82) is 0 Å². The molecule has 0 aliphatic rings. The fraction of sp³-hybridized carbons (Fsp3) is 0.143. The van der Waals surface area contributed by atoms with Gasteiger partial charge in [0.15, 0.2) is 0 Å². The van der Waals surface area contributed by atoms with E-state index in [4.69, 9.17) is 11.5 Å². The zero-order valence-corrected chi connectivity index (χ0v) is 9.11. The van der Waals surface area contributed by atoms with Crippen molar-refractivity contribution in [1.82, 2.24) is 0 Å². The monoisotopic (exact) mass is 211 g/mol. The largest absolute Gasteiger partial charge is 0.398 e. The molecule has 16 heavy (non-hydrogen) atoms. The number of nitrogen functional groups attached to an aromatic ring is 1. The second-order valence-electron chi connectivity index (χ2n) is 3.82. The molecule has 0 fully saturated rings. The summed E-state index contributed by atoms with van der Waals surface area (Å²) in [5, 5.41) is 0. The summed E-state index contributed by atoms with van der Waals surface area (Å²) in [5.74, 6) is 0. The van der Waals surface area contributed by atoms with E-state index >= 15 is 0 Å². The Hall–Kier alpha value is -1.80. The normalized spacial score (nSPS) is 10.3. The average molecular weight is 211 g/mol. The third kappa shape index (κ3) is 2.41. The molecule has 2 rings (SSSR count). The minimum atomic E-state index is 0.586. The number of nitrogens with two attached hydrogens (primary N) is 2. The SMILES string of the molecule is NCc1ccc(Cc2cc[c]cc2N)cc1. The highest BCUT2D eigenvalue weighted by Gasteiger charge is 1.99. The van der Waals surface area contributed by atoms with Crippen LogP contribution < -0.4 is 11.5 Å². The summed E-state index contributed by atoms with van der Waals surface area (Å²) in [7, 11) is 0. The molecule has 2 nitrogen and oxygen atoms in total. The van der Waals surface area contributed by atoms with Crippen molar-refractivity contribution in [2.24, 2.45) is 5.73 Å². The predicted molar refractivity (Wildman–Crippen MR) is 66.8 cm³/mol. The molecule has 0 saturated carbocycles. The van der Waals surface area contributed by atoms with Crippen molar-refractivity contribution >= 4 is 5.69 Å². The number of hydrogen-bond donors (Lipinski definition) is 2. The first-order valence-corrected chi connectivity index (χ1v) is 5.32. The van der Waals surface area contributed by atoms with Crippen molar-refractivity contribution in [3.8, 4) is 0 Å². The molecule has 0 bridgehead atoms. The van der Waals surface area contributed by atoms with Crippen molar-refractivity contribution in [2.75, 3.05) is 5.73 Å². The fourth-order valence-corrected chi connectivity index (χ4v) is 1.65. The first-order chi connectivity index (χ1) is 7.79. The van der Waals surface area contributed by atoms with E-state index in [2.05, 4.69) is 30.3 Å². The van der Waals surface area contributed by atoms with Gasteiger partial charge >= 0.3 is 0 Å². The Bertz CT molecular complexity index is 460. The van der Waals surface area contributed by atoms with Crippen LogP contribution in [0.4, 0.5) is 5.69 Å². The maximum absolute atomic E-state index is 5.87. The molecule has 2 aromatic carbocycles. The van der Waals surface area contributed by atoms with Crippen LogP contribution in [-0.2, 0) is 13.0 Å². The molecule has 0 unspecified atom stereocenters. The third-order valence-corrected chi connectivity index (χ3v) is 2.64. The summed E-state index contributed by atoms with van der Waals surface area (Å²) >= 11 is 0. The van der Waals surface area contributed by atoms with Crippen molar-refractivity contribution in [3.63, 3.8) is 0 Å². The molecule has 0 aliphatic carbocycles. The molecule has 0 spiro atoms. The zero-order chi connectivity index (χ0) is 11.4. The van der Waals surface area contributed by atoms with Crippen LogP contribution in [0, 0.1) is 6.07 Å². The van der Waals surface area contributed by atoms with Gasteiger partial charge in [-0.1, -0.05) is 36.4 Å². The van der Waals surface area contributed by atoms with Gasteiger partial charge in [-0.15, -0.1) is 0 Å². The molecule has 2 heteroatoms. The van der Waals surface area contributed by atoms with Crippen LogP contribution >= 0.6 is 0 Å². The fourth-order valence-electron chi connectivity index (χ4n) is 1.65. The second kappa shape index (κ2) is 4.81. The molecular formula is C14H15N2. The standard InChI is InChI=1S/C14H15N2/c15-10-12-7-5-11(6-8-12)9-13-3-1-2-4-14(13)16/h1,3-8H,9-10,15-16H2. The number of hydrogen-bond acceptors (Lipinski definition) is 2. The highest BCUT2D eigenvalue weighted by atomic mass is 14.6. The molecule has 81 valence electrons. The van der Waals surface area contributed by atoms with Gasteiger partial charge < -0.3 is 11.5 Å². The number of anilines is 1. The van der Waals surface area contributed by atoms with E-state index in [1.165, 1.54) is 5.56 Å². The Morgan fingerprint density at radius 2 is 1.69 bits per heavy atom. The van der Waals surface area contributed by atoms with Crippen molar-refractivity contribution in [2.45, 2.75) is 13.0 Å². The molecule has 0 saturated heterocycles. The Balaban J connectivity index is 2.18. The van der Waals surface area contributed by atoms with Gasteiger partial charge in [-0.05, 0) is 35.2 Å². The average Bonchev–Trinajstić information content (AvgIpc) is 2.33. The summed E-state index contributed by atoms with van der Waals surface area (Å²) in [5.41, 5.74) is 15.8. The third-order valence-electron chi connectivity index (χ3n) is 2.64. The van der Waals surface area contributed by atoms with E-state index in [1.54, 1.807) is 0 Å². The molecule has 0 atom stereocenters. The van der Waals surface area contributed by atoms with Gasteiger partial charge in [-0.2, -0.15) is 0 Å². The lowest BCUT2D eigenvalue weighted by molar-refractivity contribution is 1.06. The van der Waals surface area contributed by atoms with Gasteiger partial charge in [0.1, 0.15) is 0 Å². The highest BCUT2D eigenvalue weighted by molar-refractivity contribution is 5.48. The number of benzene rings is 2. The molecule has 0 amide bonds. The molecule has 1 radical (unpaired) electrons. The van der Waals surface area contributed by atoms with Gasteiger partial charge in [0.2, 0.25) is 0 Å². The smallest absolute Gasteiger partial charge is 0.0356 e. The van der Waals surface area contributed by atoms with E-state index in [0.717, 1.165) is 23.2 Å². The lowest BCUT2D eigenvalue weighted by Gasteiger charge is -2.05. The van der Waals surface area contributed by atoms with Crippen LogP contribution in [0.25, 0.3) is 0 Å². The van der Waals surface area contributed by atoms with Gasteiger partial charge in [0.05, 0.1) is 0 Å². The Morgan fingerprint density at radius 1 is 1.00 bits per heavy atom. The molecule has 2 aromatic rings. The maximum atomic E-state index is 5.87. The summed E-state index contributed by atoms with van der Waals surface area (Å²) in [6.45, 7) is 0.586. The first-order valence-electron chi connectivity index (χ1n) is 5.32. The van der Waals surface area contributed by atoms with E-state index in [1.807, 2.05) is 18.2 Å². The van der Waals surface area contributed by atoms with Crippen LogP contribution in [-0.4, -0.2) is 0 Å². The van der Waals surface area contributed by atoms with E-state index < -0.39 is 0 Å². The van der Waals surface area contributed by atoms with Crippen LogP contribution in [0.1, 0.15) is 16.7 Å². The lowest BCUT2D eigenvalue weighted by atomic mass is 10.0. The molecule has 4 N–H and O–H groups in total.